The molecule has 0 saturated carbocycles. The van der Waals surface area contributed by atoms with Crippen LogP contribution in [0, 0.1) is 11.6 Å². The van der Waals surface area contributed by atoms with E-state index in [1.54, 1.807) is 42.4 Å². The molecule has 3 rings (SSSR count). The van der Waals surface area contributed by atoms with Crippen LogP contribution in [0.25, 0.3) is 0 Å². The third-order valence-electron chi connectivity index (χ3n) is 3.36. The Labute approximate surface area is 138 Å². The molecule has 0 amide bonds. The highest BCUT2D eigenvalue weighted by Gasteiger charge is 2.10. The molecule has 2 aromatic carbocycles. The number of halogens is 2. The first-order valence-corrected chi connectivity index (χ1v) is 7.33. The molecule has 4 nitrogen and oxygen atoms in total. The normalized spacial score (nSPS) is 10.5. The Morgan fingerprint density at radius 3 is 2.50 bits per heavy atom. The summed E-state index contributed by atoms with van der Waals surface area (Å²) in [6.45, 7) is 0.326. The Morgan fingerprint density at radius 2 is 1.75 bits per heavy atom. The summed E-state index contributed by atoms with van der Waals surface area (Å²) in [6.07, 6.45) is 1.55. The zero-order valence-corrected chi connectivity index (χ0v) is 13.0. The Balaban J connectivity index is 1.74. The molecule has 24 heavy (non-hydrogen) atoms. The van der Waals surface area contributed by atoms with Gasteiger partial charge in [0.2, 0.25) is 11.8 Å². The van der Waals surface area contributed by atoms with Crippen molar-refractivity contribution in [2.75, 3.05) is 11.9 Å². The van der Waals surface area contributed by atoms with E-state index < -0.39 is 0 Å². The summed E-state index contributed by atoms with van der Waals surface area (Å²) >= 11 is 0. The highest BCUT2D eigenvalue weighted by Crippen LogP contribution is 2.21. The predicted molar refractivity (Wildman–Crippen MR) is 87.0 cm³/mol. The third-order valence-corrected chi connectivity index (χ3v) is 3.36. The van der Waals surface area contributed by atoms with Gasteiger partial charge in [0.15, 0.2) is 0 Å². The van der Waals surface area contributed by atoms with Gasteiger partial charge in [-0.15, -0.1) is 0 Å². The van der Waals surface area contributed by atoms with Gasteiger partial charge in [0.1, 0.15) is 17.4 Å². The summed E-state index contributed by atoms with van der Waals surface area (Å²) in [6, 6.07) is 13.8. The van der Waals surface area contributed by atoms with Crippen molar-refractivity contribution in [2.24, 2.45) is 0 Å². The smallest absolute Gasteiger partial charge is 0.228 e. The summed E-state index contributed by atoms with van der Waals surface area (Å²) in [4.78, 5) is 10.2. The Kier molecular flexibility index (Phi) is 4.65. The largest absolute Gasteiger partial charge is 0.439 e. The minimum absolute atomic E-state index is 0.275. The molecule has 0 saturated heterocycles. The molecule has 0 fully saturated rings. The molecule has 0 radical (unpaired) electrons. The fourth-order valence-electron chi connectivity index (χ4n) is 2.15. The van der Waals surface area contributed by atoms with Gasteiger partial charge in [0, 0.05) is 31.4 Å². The van der Waals surface area contributed by atoms with E-state index >= 15 is 0 Å². The average Bonchev–Trinajstić information content (AvgIpc) is 2.59. The molecule has 0 aliphatic heterocycles. The Hall–Kier alpha value is -3.02. The summed E-state index contributed by atoms with van der Waals surface area (Å²) < 4.78 is 32.2. The number of nitrogens with zero attached hydrogens (tertiary/aromatic N) is 3. The van der Waals surface area contributed by atoms with Crippen LogP contribution < -0.4 is 9.64 Å². The second-order valence-corrected chi connectivity index (χ2v) is 5.20. The van der Waals surface area contributed by atoms with E-state index in [2.05, 4.69) is 9.97 Å². The van der Waals surface area contributed by atoms with Crippen LogP contribution in [0.5, 0.6) is 11.6 Å². The molecule has 0 unspecified atom stereocenters. The van der Waals surface area contributed by atoms with E-state index in [1.807, 2.05) is 0 Å². The molecule has 3 aromatic rings. The molecular formula is C18H15F2N3O. The van der Waals surface area contributed by atoms with Crippen molar-refractivity contribution in [2.45, 2.75) is 6.54 Å². The van der Waals surface area contributed by atoms with Crippen molar-refractivity contribution < 1.29 is 13.5 Å². The van der Waals surface area contributed by atoms with E-state index in [1.165, 1.54) is 30.3 Å². The molecule has 1 heterocycles. The fraction of sp³-hybridized carbons (Fsp3) is 0.111. The van der Waals surface area contributed by atoms with Crippen molar-refractivity contribution in [1.82, 2.24) is 9.97 Å². The quantitative estimate of drug-likeness (QED) is 0.704. The van der Waals surface area contributed by atoms with E-state index in [9.17, 15) is 8.78 Å². The van der Waals surface area contributed by atoms with E-state index in [0.717, 1.165) is 0 Å². The Morgan fingerprint density at radius 1 is 1.00 bits per heavy atom. The second kappa shape index (κ2) is 7.04. The van der Waals surface area contributed by atoms with Crippen molar-refractivity contribution in [3.63, 3.8) is 0 Å². The van der Waals surface area contributed by atoms with Gasteiger partial charge in [-0.05, 0) is 30.3 Å². The van der Waals surface area contributed by atoms with Gasteiger partial charge >= 0.3 is 0 Å². The molecule has 0 aliphatic carbocycles. The summed E-state index contributed by atoms with van der Waals surface area (Å²) in [7, 11) is 1.77. The van der Waals surface area contributed by atoms with Gasteiger partial charge in [-0.2, -0.15) is 4.98 Å². The van der Waals surface area contributed by atoms with Crippen molar-refractivity contribution in [3.05, 3.63) is 78.0 Å². The van der Waals surface area contributed by atoms with Crippen molar-refractivity contribution in [3.8, 4) is 11.6 Å². The minimum atomic E-state index is -0.338. The van der Waals surface area contributed by atoms with Crippen LogP contribution in [0.2, 0.25) is 0 Å². The van der Waals surface area contributed by atoms with Crippen LogP contribution in [0.3, 0.4) is 0 Å². The lowest BCUT2D eigenvalue weighted by Gasteiger charge is -2.17. The van der Waals surface area contributed by atoms with Crippen LogP contribution in [0.15, 0.2) is 60.8 Å². The van der Waals surface area contributed by atoms with Gasteiger partial charge in [0.05, 0.1) is 0 Å². The predicted octanol–water partition coefficient (Wildman–Crippen LogP) is 4.18. The number of hydrogen-bond acceptors (Lipinski definition) is 4. The zero-order chi connectivity index (χ0) is 16.9. The number of aromatic nitrogens is 2. The topological polar surface area (TPSA) is 38.2 Å². The van der Waals surface area contributed by atoms with Gasteiger partial charge in [-0.25, -0.2) is 13.8 Å². The number of ether oxygens (including phenoxy) is 1. The van der Waals surface area contributed by atoms with Crippen LogP contribution >= 0.6 is 0 Å². The van der Waals surface area contributed by atoms with E-state index in [4.69, 9.17) is 4.74 Å². The Bertz CT molecular complexity index is 825. The first kappa shape index (κ1) is 15.9. The monoisotopic (exact) mass is 327 g/mol. The van der Waals surface area contributed by atoms with Crippen molar-refractivity contribution in [1.29, 1.82) is 0 Å². The molecule has 0 N–H and O–H groups in total. The van der Waals surface area contributed by atoms with Crippen LogP contribution in [-0.2, 0) is 6.54 Å². The molecule has 6 heteroatoms. The molecule has 0 bridgehead atoms. The van der Waals surface area contributed by atoms with Crippen LogP contribution in [-0.4, -0.2) is 17.0 Å². The first-order chi connectivity index (χ1) is 11.6. The summed E-state index contributed by atoms with van der Waals surface area (Å²) in [5, 5.41) is 0. The number of anilines is 1. The molecule has 0 aliphatic rings. The molecule has 122 valence electrons. The lowest BCUT2D eigenvalue weighted by molar-refractivity contribution is 0.459. The molecule has 1 aromatic heterocycles. The number of benzene rings is 2. The van der Waals surface area contributed by atoms with Gasteiger partial charge < -0.3 is 9.64 Å². The maximum atomic E-state index is 13.7. The zero-order valence-electron chi connectivity index (χ0n) is 13.0. The maximum Gasteiger partial charge on any atom is 0.228 e. The first-order valence-electron chi connectivity index (χ1n) is 7.33. The fourth-order valence-corrected chi connectivity index (χ4v) is 2.15. The second-order valence-electron chi connectivity index (χ2n) is 5.20. The molecule has 0 atom stereocenters. The number of rotatable bonds is 5. The maximum absolute atomic E-state index is 13.7. The molecule has 0 spiro atoms. The van der Waals surface area contributed by atoms with Gasteiger partial charge in [0.25, 0.3) is 0 Å². The van der Waals surface area contributed by atoms with Crippen molar-refractivity contribution >= 4 is 5.95 Å². The van der Waals surface area contributed by atoms with Crippen LogP contribution in [0.1, 0.15) is 5.56 Å². The van der Waals surface area contributed by atoms with Gasteiger partial charge in [-0.3, -0.25) is 0 Å². The molecular weight excluding hydrogens is 312 g/mol. The van der Waals surface area contributed by atoms with E-state index in [-0.39, 0.29) is 11.6 Å². The lowest BCUT2D eigenvalue weighted by atomic mass is 10.2. The summed E-state index contributed by atoms with van der Waals surface area (Å²) in [5.41, 5.74) is 0.549. The third kappa shape index (κ3) is 3.84. The lowest BCUT2D eigenvalue weighted by Crippen LogP contribution is -2.19. The average molecular weight is 327 g/mol. The summed E-state index contributed by atoms with van der Waals surface area (Å²) in [5.74, 6) is 0.584. The van der Waals surface area contributed by atoms with Crippen LogP contribution in [0.4, 0.5) is 14.7 Å². The standard InChI is InChI=1S/C18H15F2N3O/c1-23(12-13-4-2-3-5-16(13)20)18-21-11-10-17(22-18)24-15-8-6-14(19)7-9-15/h2-11H,12H2,1H3. The van der Waals surface area contributed by atoms with Gasteiger partial charge in [-0.1, -0.05) is 18.2 Å². The minimum Gasteiger partial charge on any atom is -0.439 e. The highest BCUT2D eigenvalue weighted by atomic mass is 19.1. The number of hydrogen-bond donors (Lipinski definition) is 0. The highest BCUT2D eigenvalue weighted by molar-refractivity contribution is 5.35. The van der Waals surface area contributed by atoms with E-state index in [0.29, 0.717) is 29.7 Å². The SMILES string of the molecule is CN(Cc1ccccc1F)c1nccc(Oc2ccc(F)cc2)n1.